The second kappa shape index (κ2) is 6.66. The average Bonchev–Trinajstić information content (AvgIpc) is 2.45. The summed E-state index contributed by atoms with van der Waals surface area (Å²) >= 11 is 0. The summed E-state index contributed by atoms with van der Waals surface area (Å²) < 4.78 is 0. The SMILES string of the molecule is Cc1cc(C)nc(Nc2cccc(C(=O)NC(C)(C)C(=O)O)c2)n1. The zero-order valence-electron chi connectivity index (χ0n) is 14.0. The Morgan fingerprint density at radius 2 is 1.71 bits per heavy atom. The highest BCUT2D eigenvalue weighted by Gasteiger charge is 2.29. The number of aromatic nitrogens is 2. The van der Waals surface area contributed by atoms with Crippen molar-refractivity contribution in [1.82, 2.24) is 15.3 Å². The molecule has 1 aromatic heterocycles. The minimum Gasteiger partial charge on any atom is -0.480 e. The Kier molecular flexibility index (Phi) is 4.82. The van der Waals surface area contributed by atoms with Crippen LogP contribution in [0.15, 0.2) is 30.3 Å². The van der Waals surface area contributed by atoms with E-state index in [9.17, 15) is 9.59 Å². The second-order valence-electron chi connectivity index (χ2n) is 6.06. The third kappa shape index (κ3) is 4.28. The van der Waals surface area contributed by atoms with E-state index in [4.69, 9.17) is 5.11 Å². The first-order valence-electron chi connectivity index (χ1n) is 7.42. The molecule has 126 valence electrons. The quantitative estimate of drug-likeness (QED) is 0.779. The Labute approximate surface area is 140 Å². The van der Waals surface area contributed by atoms with E-state index in [0.717, 1.165) is 11.4 Å². The maximum atomic E-state index is 12.2. The third-order valence-corrected chi connectivity index (χ3v) is 3.32. The van der Waals surface area contributed by atoms with Crippen LogP contribution in [0.4, 0.5) is 11.6 Å². The van der Waals surface area contributed by atoms with Crippen LogP contribution in [-0.2, 0) is 4.79 Å². The monoisotopic (exact) mass is 328 g/mol. The first-order chi connectivity index (χ1) is 11.2. The van der Waals surface area contributed by atoms with Crippen LogP contribution in [0, 0.1) is 13.8 Å². The van der Waals surface area contributed by atoms with Gasteiger partial charge in [-0.3, -0.25) is 4.79 Å². The molecule has 0 unspecified atom stereocenters. The molecule has 2 rings (SSSR count). The van der Waals surface area contributed by atoms with Crippen LogP contribution < -0.4 is 10.6 Å². The van der Waals surface area contributed by atoms with Gasteiger partial charge in [0.1, 0.15) is 5.54 Å². The summed E-state index contributed by atoms with van der Waals surface area (Å²) in [5.41, 5.74) is 1.31. The van der Waals surface area contributed by atoms with Crippen molar-refractivity contribution in [3.63, 3.8) is 0 Å². The number of carbonyl (C=O) groups is 2. The molecule has 2 aromatic rings. The number of carboxylic acids is 1. The fourth-order valence-electron chi connectivity index (χ4n) is 2.06. The van der Waals surface area contributed by atoms with Gasteiger partial charge in [-0.25, -0.2) is 14.8 Å². The molecule has 0 spiro atoms. The molecule has 1 aromatic carbocycles. The molecule has 0 saturated carbocycles. The number of carboxylic acid groups (broad SMARTS) is 1. The average molecular weight is 328 g/mol. The first kappa shape index (κ1) is 17.4. The molecule has 1 amide bonds. The Bertz CT molecular complexity index is 767. The van der Waals surface area contributed by atoms with E-state index in [1.807, 2.05) is 19.9 Å². The molecule has 0 saturated heterocycles. The Hall–Kier alpha value is -2.96. The predicted molar refractivity (Wildman–Crippen MR) is 90.4 cm³/mol. The summed E-state index contributed by atoms with van der Waals surface area (Å²) in [6.45, 7) is 6.60. The summed E-state index contributed by atoms with van der Waals surface area (Å²) in [6, 6.07) is 8.58. The van der Waals surface area contributed by atoms with Crippen LogP contribution >= 0.6 is 0 Å². The maximum Gasteiger partial charge on any atom is 0.328 e. The minimum atomic E-state index is -1.35. The van der Waals surface area contributed by atoms with Crippen molar-refractivity contribution in [2.75, 3.05) is 5.32 Å². The van der Waals surface area contributed by atoms with Gasteiger partial charge < -0.3 is 15.7 Å². The van der Waals surface area contributed by atoms with E-state index in [-0.39, 0.29) is 0 Å². The highest BCUT2D eigenvalue weighted by Crippen LogP contribution is 2.16. The van der Waals surface area contributed by atoms with Gasteiger partial charge in [-0.05, 0) is 52.0 Å². The molecule has 3 N–H and O–H groups in total. The number of rotatable bonds is 5. The number of benzene rings is 1. The summed E-state index contributed by atoms with van der Waals surface area (Å²) in [5, 5.41) is 14.6. The lowest BCUT2D eigenvalue weighted by Gasteiger charge is -2.21. The lowest BCUT2D eigenvalue weighted by Crippen LogP contribution is -2.49. The number of aryl methyl sites for hydroxylation is 2. The van der Waals surface area contributed by atoms with E-state index in [0.29, 0.717) is 17.2 Å². The van der Waals surface area contributed by atoms with Gasteiger partial charge in [0.15, 0.2) is 0 Å². The van der Waals surface area contributed by atoms with Gasteiger partial charge in [0, 0.05) is 22.6 Å². The zero-order chi connectivity index (χ0) is 17.9. The van der Waals surface area contributed by atoms with E-state index < -0.39 is 17.4 Å². The van der Waals surface area contributed by atoms with Crippen LogP contribution in [0.3, 0.4) is 0 Å². The molecule has 7 heteroatoms. The topological polar surface area (TPSA) is 104 Å². The number of amides is 1. The van der Waals surface area contributed by atoms with Crippen molar-refractivity contribution in [1.29, 1.82) is 0 Å². The Morgan fingerprint density at radius 3 is 2.29 bits per heavy atom. The summed E-state index contributed by atoms with van der Waals surface area (Å²) in [5.74, 6) is -1.13. The third-order valence-electron chi connectivity index (χ3n) is 3.32. The minimum absolute atomic E-state index is 0.346. The van der Waals surface area contributed by atoms with Gasteiger partial charge in [0.2, 0.25) is 5.95 Å². The predicted octanol–water partition coefficient (Wildman–Crippen LogP) is 2.43. The molecule has 0 aliphatic heterocycles. The van der Waals surface area contributed by atoms with Gasteiger partial charge in [0.05, 0.1) is 0 Å². The summed E-state index contributed by atoms with van der Waals surface area (Å²) in [4.78, 5) is 31.9. The van der Waals surface area contributed by atoms with Crippen LogP contribution in [0.25, 0.3) is 0 Å². The normalized spacial score (nSPS) is 11.0. The summed E-state index contributed by atoms with van der Waals surface area (Å²) in [7, 11) is 0. The number of nitrogens with zero attached hydrogens (tertiary/aromatic N) is 2. The fraction of sp³-hybridized carbons (Fsp3) is 0.294. The van der Waals surface area contributed by atoms with Gasteiger partial charge in [-0.2, -0.15) is 0 Å². The first-order valence-corrected chi connectivity index (χ1v) is 7.42. The molecule has 0 aliphatic carbocycles. The number of carbonyl (C=O) groups excluding carboxylic acids is 1. The zero-order valence-corrected chi connectivity index (χ0v) is 14.0. The van der Waals surface area contributed by atoms with Crippen molar-refractivity contribution in [2.24, 2.45) is 0 Å². The largest absolute Gasteiger partial charge is 0.480 e. The maximum absolute atomic E-state index is 12.2. The molecule has 0 aliphatic rings. The molecule has 1 heterocycles. The van der Waals surface area contributed by atoms with Crippen molar-refractivity contribution in [3.05, 3.63) is 47.3 Å². The van der Waals surface area contributed by atoms with Gasteiger partial charge in [0.25, 0.3) is 5.91 Å². The molecule has 0 bridgehead atoms. The molecule has 24 heavy (non-hydrogen) atoms. The van der Waals surface area contributed by atoms with Crippen LogP contribution in [-0.4, -0.2) is 32.5 Å². The van der Waals surface area contributed by atoms with Gasteiger partial charge in [-0.1, -0.05) is 6.07 Å². The lowest BCUT2D eigenvalue weighted by atomic mass is 10.1. The van der Waals surface area contributed by atoms with Crippen molar-refractivity contribution >= 4 is 23.5 Å². The van der Waals surface area contributed by atoms with Crippen molar-refractivity contribution in [3.8, 4) is 0 Å². The Balaban J connectivity index is 2.19. The lowest BCUT2D eigenvalue weighted by molar-refractivity contribution is -0.143. The second-order valence-corrected chi connectivity index (χ2v) is 6.06. The number of hydrogen-bond acceptors (Lipinski definition) is 5. The smallest absolute Gasteiger partial charge is 0.328 e. The molecule has 0 atom stereocenters. The molecule has 7 nitrogen and oxygen atoms in total. The van der Waals surface area contributed by atoms with Gasteiger partial charge in [-0.15, -0.1) is 0 Å². The van der Waals surface area contributed by atoms with Gasteiger partial charge >= 0.3 is 5.97 Å². The van der Waals surface area contributed by atoms with Crippen LogP contribution in [0.1, 0.15) is 35.6 Å². The van der Waals surface area contributed by atoms with Crippen LogP contribution in [0.5, 0.6) is 0 Å². The number of aliphatic carboxylic acids is 1. The Morgan fingerprint density at radius 1 is 1.08 bits per heavy atom. The highest BCUT2D eigenvalue weighted by atomic mass is 16.4. The van der Waals surface area contributed by atoms with E-state index >= 15 is 0 Å². The summed E-state index contributed by atoms with van der Waals surface area (Å²) in [6.07, 6.45) is 0. The van der Waals surface area contributed by atoms with E-state index in [2.05, 4.69) is 20.6 Å². The van der Waals surface area contributed by atoms with Crippen molar-refractivity contribution in [2.45, 2.75) is 33.2 Å². The fourth-order valence-corrected chi connectivity index (χ4v) is 2.06. The van der Waals surface area contributed by atoms with E-state index in [1.54, 1.807) is 24.3 Å². The number of anilines is 2. The molecule has 0 radical (unpaired) electrons. The molecular formula is C17H20N4O3. The molecular weight excluding hydrogens is 308 g/mol. The van der Waals surface area contributed by atoms with E-state index in [1.165, 1.54) is 13.8 Å². The number of hydrogen-bond donors (Lipinski definition) is 3. The highest BCUT2D eigenvalue weighted by molar-refractivity contribution is 5.98. The molecule has 0 fully saturated rings. The van der Waals surface area contributed by atoms with Crippen molar-refractivity contribution < 1.29 is 14.7 Å². The number of nitrogens with one attached hydrogen (secondary N) is 2. The van der Waals surface area contributed by atoms with Crippen LogP contribution in [0.2, 0.25) is 0 Å². The standard InChI is InChI=1S/C17H20N4O3/c1-10-8-11(2)19-16(18-10)20-13-7-5-6-12(9-13)14(22)21-17(3,4)15(23)24/h5-9H,1-4H3,(H,21,22)(H,23,24)(H,18,19,20).